The zero-order valence-electron chi connectivity index (χ0n) is 12.8. The normalized spacial score (nSPS) is 15.9. The summed E-state index contributed by atoms with van der Waals surface area (Å²) in [4.78, 5) is 18.9. The summed E-state index contributed by atoms with van der Waals surface area (Å²) in [6.07, 6.45) is 5.15. The summed E-state index contributed by atoms with van der Waals surface area (Å²) in [6, 6.07) is 14.3. The molecule has 1 amide bonds. The van der Waals surface area contributed by atoms with Crippen molar-refractivity contribution in [3.63, 3.8) is 0 Å². The van der Waals surface area contributed by atoms with Gasteiger partial charge in [0.2, 0.25) is 0 Å². The molecule has 1 aliphatic heterocycles. The summed E-state index contributed by atoms with van der Waals surface area (Å²) in [5, 5.41) is 6.34. The molecule has 2 aromatic carbocycles. The fourth-order valence-corrected chi connectivity index (χ4v) is 3.32. The van der Waals surface area contributed by atoms with Gasteiger partial charge in [-0.1, -0.05) is 36.4 Å². The lowest BCUT2D eigenvalue weighted by atomic mass is 10.0. The van der Waals surface area contributed by atoms with Crippen molar-refractivity contribution in [3.05, 3.63) is 60.7 Å². The van der Waals surface area contributed by atoms with Crippen LogP contribution >= 0.6 is 0 Å². The topological polar surface area (TPSA) is 51.0 Å². The van der Waals surface area contributed by atoms with Gasteiger partial charge in [0.25, 0.3) is 5.91 Å². The molecule has 23 heavy (non-hydrogen) atoms. The van der Waals surface area contributed by atoms with Gasteiger partial charge in [-0.2, -0.15) is 5.10 Å². The first-order valence-corrected chi connectivity index (χ1v) is 7.94. The third kappa shape index (κ3) is 2.59. The highest BCUT2D eigenvalue weighted by atomic mass is 16.2. The number of fused-ring (bicyclic) bond motifs is 1. The number of carbonyl (C=O) groups excluding carboxylic acids is 1. The largest absolute Gasteiger partial charge is 0.338 e. The zero-order valence-corrected chi connectivity index (χ0v) is 12.8. The average Bonchev–Trinajstić information content (AvgIpc) is 3.15. The van der Waals surface area contributed by atoms with E-state index in [9.17, 15) is 4.79 Å². The molecule has 0 N–H and O–H groups in total. The van der Waals surface area contributed by atoms with Gasteiger partial charge in [-0.15, -0.1) is 0 Å². The number of benzene rings is 2. The van der Waals surface area contributed by atoms with Crippen LogP contribution in [-0.2, 0) is 0 Å². The molecule has 3 aromatic rings. The molecule has 4 rings (SSSR count). The lowest BCUT2D eigenvalue weighted by Gasteiger charge is -2.32. The summed E-state index contributed by atoms with van der Waals surface area (Å²) < 4.78 is 1.90. The molecule has 5 nitrogen and oxygen atoms in total. The quantitative estimate of drug-likeness (QED) is 0.731. The highest BCUT2D eigenvalue weighted by molar-refractivity contribution is 6.07. The third-order valence-electron chi connectivity index (χ3n) is 4.58. The molecule has 0 unspecified atom stereocenters. The van der Waals surface area contributed by atoms with Crippen LogP contribution in [0.4, 0.5) is 0 Å². The number of hydrogen-bond acceptors (Lipinski definition) is 3. The predicted molar refractivity (Wildman–Crippen MR) is 88.1 cm³/mol. The van der Waals surface area contributed by atoms with E-state index in [-0.39, 0.29) is 5.91 Å². The van der Waals surface area contributed by atoms with Crippen molar-refractivity contribution in [3.8, 4) is 0 Å². The first-order chi connectivity index (χ1) is 11.3. The second-order valence-electron chi connectivity index (χ2n) is 5.93. The van der Waals surface area contributed by atoms with Gasteiger partial charge in [-0.25, -0.2) is 9.67 Å². The Morgan fingerprint density at radius 3 is 2.61 bits per heavy atom. The second-order valence-corrected chi connectivity index (χ2v) is 5.93. The molecule has 0 saturated carbocycles. The van der Waals surface area contributed by atoms with Crippen molar-refractivity contribution in [2.75, 3.05) is 13.1 Å². The van der Waals surface area contributed by atoms with E-state index >= 15 is 0 Å². The van der Waals surface area contributed by atoms with Crippen molar-refractivity contribution in [2.45, 2.75) is 18.9 Å². The van der Waals surface area contributed by atoms with Gasteiger partial charge in [0.1, 0.15) is 12.7 Å². The van der Waals surface area contributed by atoms with Crippen LogP contribution in [0.2, 0.25) is 0 Å². The first-order valence-electron chi connectivity index (χ1n) is 7.94. The molecule has 0 aliphatic carbocycles. The second kappa shape index (κ2) is 5.83. The van der Waals surface area contributed by atoms with E-state index in [0.717, 1.165) is 42.3 Å². The van der Waals surface area contributed by atoms with Gasteiger partial charge in [0.15, 0.2) is 0 Å². The number of likely N-dealkylation sites (tertiary alicyclic amines) is 1. The average molecular weight is 306 g/mol. The van der Waals surface area contributed by atoms with E-state index in [4.69, 9.17) is 0 Å². The maximum absolute atomic E-state index is 12.9. The lowest BCUT2D eigenvalue weighted by molar-refractivity contribution is 0.0692. The molecule has 1 fully saturated rings. The summed E-state index contributed by atoms with van der Waals surface area (Å²) >= 11 is 0. The Balaban J connectivity index is 1.54. The summed E-state index contributed by atoms with van der Waals surface area (Å²) in [7, 11) is 0. The van der Waals surface area contributed by atoms with Crippen molar-refractivity contribution in [1.29, 1.82) is 0 Å². The molecule has 2 heterocycles. The Kier molecular flexibility index (Phi) is 3.54. The van der Waals surface area contributed by atoms with Gasteiger partial charge < -0.3 is 4.90 Å². The minimum atomic E-state index is 0.124. The van der Waals surface area contributed by atoms with Crippen LogP contribution in [-0.4, -0.2) is 38.7 Å². The van der Waals surface area contributed by atoms with E-state index in [1.807, 2.05) is 52.0 Å². The van der Waals surface area contributed by atoms with Crippen LogP contribution in [0.15, 0.2) is 55.1 Å². The molecule has 0 spiro atoms. The molecular weight excluding hydrogens is 288 g/mol. The lowest BCUT2D eigenvalue weighted by Crippen LogP contribution is -2.39. The highest BCUT2D eigenvalue weighted by Crippen LogP contribution is 2.25. The van der Waals surface area contributed by atoms with E-state index in [2.05, 4.69) is 10.1 Å². The van der Waals surface area contributed by atoms with Crippen LogP contribution in [0, 0.1) is 0 Å². The van der Waals surface area contributed by atoms with Gasteiger partial charge >= 0.3 is 0 Å². The fourth-order valence-electron chi connectivity index (χ4n) is 3.32. The monoisotopic (exact) mass is 306 g/mol. The first kappa shape index (κ1) is 13.9. The Morgan fingerprint density at radius 1 is 1.04 bits per heavy atom. The van der Waals surface area contributed by atoms with Gasteiger partial charge in [-0.05, 0) is 29.7 Å². The minimum Gasteiger partial charge on any atom is -0.338 e. The molecule has 0 radical (unpaired) electrons. The summed E-state index contributed by atoms with van der Waals surface area (Å²) in [6.45, 7) is 1.51. The standard InChI is InChI=1S/C18H18N4O/c23-18(17-7-3-5-14-4-1-2-6-16(14)17)21-10-8-15(9-11-21)22-13-19-12-20-22/h1-7,12-13,15H,8-11H2. The van der Waals surface area contributed by atoms with Gasteiger partial charge in [0, 0.05) is 18.7 Å². The molecule has 0 bridgehead atoms. The maximum Gasteiger partial charge on any atom is 0.254 e. The van der Waals surface area contributed by atoms with Gasteiger partial charge in [0.05, 0.1) is 6.04 Å². The fraction of sp³-hybridized carbons (Fsp3) is 0.278. The maximum atomic E-state index is 12.9. The van der Waals surface area contributed by atoms with E-state index in [1.54, 1.807) is 12.7 Å². The Morgan fingerprint density at radius 2 is 1.83 bits per heavy atom. The minimum absolute atomic E-state index is 0.124. The molecule has 1 aromatic heterocycles. The Bertz CT molecular complexity index is 815. The predicted octanol–water partition coefficient (Wildman–Crippen LogP) is 2.91. The zero-order chi connectivity index (χ0) is 15.6. The number of amides is 1. The third-order valence-corrected chi connectivity index (χ3v) is 4.58. The number of hydrogen-bond donors (Lipinski definition) is 0. The molecule has 116 valence electrons. The summed E-state index contributed by atoms with van der Waals surface area (Å²) in [5.41, 5.74) is 0.794. The number of carbonyl (C=O) groups is 1. The van der Waals surface area contributed by atoms with Crippen LogP contribution in [0.25, 0.3) is 10.8 Å². The highest BCUT2D eigenvalue weighted by Gasteiger charge is 2.25. The van der Waals surface area contributed by atoms with Crippen LogP contribution < -0.4 is 0 Å². The van der Waals surface area contributed by atoms with Gasteiger partial charge in [-0.3, -0.25) is 4.79 Å². The summed E-state index contributed by atoms with van der Waals surface area (Å²) in [5.74, 6) is 0.124. The van der Waals surface area contributed by atoms with E-state index in [1.165, 1.54) is 0 Å². The van der Waals surface area contributed by atoms with Crippen LogP contribution in [0.3, 0.4) is 0 Å². The Hall–Kier alpha value is -2.69. The van der Waals surface area contributed by atoms with Crippen molar-refractivity contribution in [2.24, 2.45) is 0 Å². The van der Waals surface area contributed by atoms with Crippen molar-refractivity contribution < 1.29 is 4.79 Å². The SMILES string of the molecule is O=C(c1cccc2ccccc12)N1CCC(n2cncn2)CC1. The van der Waals surface area contributed by atoms with Crippen molar-refractivity contribution >= 4 is 16.7 Å². The van der Waals surface area contributed by atoms with E-state index in [0.29, 0.717) is 6.04 Å². The molecule has 1 aliphatic rings. The van der Waals surface area contributed by atoms with Crippen LogP contribution in [0.1, 0.15) is 29.2 Å². The molecule has 1 saturated heterocycles. The number of aromatic nitrogens is 3. The smallest absolute Gasteiger partial charge is 0.254 e. The van der Waals surface area contributed by atoms with Crippen molar-refractivity contribution in [1.82, 2.24) is 19.7 Å². The molecular formula is C18H18N4O. The number of nitrogens with zero attached hydrogens (tertiary/aromatic N) is 4. The molecule has 5 heteroatoms. The Labute approximate surface area is 134 Å². The van der Waals surface area contributed by atoms with E-state index < -0.39 is 0 Å². The van der Waals surface area contributed by atoms with Crippen LogP contribution in [0.5, 0.6) is 0 Å². The number of rotatable bonds is 2. The molecule has 0 atom stereocenters. The number of piperidine rings is 1.